The minimum Gasteiger partial charge on any atom is -0.507 e. The monoisotopic (exact) mass is 354 g/mol. The molecule has 2 aromatic rings. The summed E-state index contributed by atoms with van der Waals surface area (Å²) in [5.74, 6) is -0.513. The highest BCUT2D eigenvalue weighted by Crippen LogP contribution is 2.29. The summed E-state index contributed by atoms with van der Waals surface area (Å²) in [6, 6.07) is 9.53. The molecule has 0 aromatic heterocycles. The molecule has 1 amide bonds. The van der Waals surface area contributed by atoms with Crippen LogP contribution in [0.2, 0.25) is 5.02 Å². The van der Waals surface area contributed by atoms with Crippen LogP contribution in [-0.2, 0) is 0 Å². The number of anilines is 2. The Morgan fingerprint density at radius 1 is 1.30 bits per heavy atom. The van der Waals surface area contributed by atoms with E-state index in [9.17, 15) is 9.90 Å². The van der Waals surface area contributed by atoms with Crippen LogP contribution in [0.3, 0.4) is 0 Å². The number of carbonyl (C=O) groups is 1. The molecule has 0 aliphatic heterocycles. The molecule has 0 radical (unpaired) electrons. The minimum absolute atomic E-state index is 0.123. The normalized spacial score (nSPS) is 10.3. The van der Waals surface area contributed by atoms with Crippen LogP contribution in [0.1, 0.15) is 10.4 Å². The topological polar surface area (TPSA) is 66.6 Å². The zero-order chi connectivity index (χ0) is 14.9. The van der Waals surface area contributed by atoms with Crippen molar-refractivity contribution >= 4 is 44.8 Å². The van der Waals surface area contributed by atoms with E-state index in [2.05, 4.69) is 15.9 Å². The number of halogens is 2. The van der Waals surface area contributed by atoms with Crippen molar-refractivity contribution in [2.75, 3.05) is 17.7 Å². The Morgan fingerprint density at radius 3 is 2.65 bits per heavy atom. The van der Waals surface area contributed by atoms with Gasteiger partial charge in [-0.25, -0.2) is 0 Å². The first-order valence-electron chi connectivity index (χ1n) is 5.71. The zero-order valence-electron chi connectivity index (χ0n) is 10.6. The van der Waals surface area contributed by atoms with Gasteiger partial charge in [0, 0.05) is 16.5 Å². The lowest BCUT2D eigenvalue weighted by atomic mass is 10.1. The summed E-state index contributed by atoms with van der Waals surface area (Å²) >= 11 is 9.16. The van der Waals surface area contributed by atoms with Crippen LogP contribution in [0.25, 0.3) is 0 Å². The first-order valence-corrected chi connectivity index (χ1v) is 6.89. The summed E-state index contributed by atoms with van der Waals surface area (Å²) in [7, 11) is 1.59. The summed E-state index contributed by atoms with van der Waals surface area (Å²) in [5.41, 5.74) is 7.03. The zero-order valence-corrected chi connectivity index (χ0v) is 12.9. The lowest BCUT2D eigenvalue weighted by Gasteiger charge is -2.20. The lowest BCUT2D eigenvalue weighted by Crippen LogP contribution is -2.27. The van der Waals surface area contributed by atoms with Crippen molar-refractivity contribution in [2.45, 2.75) is 0 Å². The number of phenols is 1. The number of nitrogens with zero attached hydrogens (tertiary/aromatic N) is 1. The Hall–Kier alpha value is -1.72. The highest BCUT2D eigenvalue weighted by atomic mass is 79.9. The molecule has 0 unspecified atom stereocenters. The van der Waals surface area contributed by atoms with Gasteiger partial charge in [-0.05, 0) is 36.4 Å². The fraction of sp³-hybridized carbons (Fsp3) is 0.0714. The van der Waals surface area contributed by atoms with Crippen molar-refractivity contribution in [1.29, 1.82) is 0 Å². The number of hydrogen-bond donors (Lipinski definition) is 2. The van der Waals surface area contributed by atoms with E-state index in [1.165, 1.54) is 23.1 Å². The standard InChI is InChI=1S/C14H12BrClN2O2/c1-18(12-4-2-8(15)6-11(12)17)14(20)10-7-9(16)3-5-13(10)19/h2-7,19H,17H2,1H3. The number of carbonyl (C=O) groups excluding carboxylic acids is 1. The van der Waals surface area contributed by atoms with Gasteiger partial charge in [0.1, 0.15) is 5.75 Å². The van der Waals surface area contributed by atoms with Gasteiger partial charge >= 0.3 is 0 Å². The molecule has 0 heterocycles. The van der Waals surface area contributed by atoms with Gasteiger partial charge in [-0.1, -0.05) is 27.5 Å². The van der Waals surface area contributed by atoms with E-state index in [0.717, 1.165) is 4.47 Å². The molecule has 2 aromatic carbocycles. The molecule has 6 heteroatoms. The molecule has 0 atom stereocenters. The van der Waals surface area contributed by atoms with E-state index in [-0.39, 0.29) is 17.2 Å². The predicted molar refractivity (Wildman–Crippen MR) is 84.4 cm³/mol. The molecule has 104 valence electrons. The smallest absolute Gasteiger partial charge is 0.261 e. The Kier molecular flexibility index (Phi) is 4.20. The summed E-state index contributed by atoms with van der Waals surface area (Å²) < 4.78 is 0.824. The molecule has 2 rings (SSSR count). The largest absolute Gasteiger partial charge is 0.507 e. The van der Waals surface area contributed by atoms with Crippen molar-refractivity contribution < 1.29 is 9.90 Å². The molecular formula is C14H12BrClN2O2. The van der Waals surface area contributed by atoms with E-state index in [1.807, 2.05) is 0 Å². The average molecular weight is 356 g/mol. The number of rotatable bonds is 2. The van der Waals surface area contributed by atoms with Crippen molar-refractivity contribution in [3.05, 3.63) is 51.5 Å². The van der Waals surface area contributed by atoms with Gasteiger partial charge in [0.15, 0.2) is 0 Å². The van der Waals surface area contributed by atoms with Crippen molar-refractivity contribution in [3.8, 4) is 5.75 Å². The number of phenolic OH excluding ortho intramolecular Hbond substituents is 1. The highest BCUT2D eigenvalue weighted by Gasteiger charge is 2.19. The van der Waals surface area contributed by atoms with Gasteiger partial charge in [-0.3, -0.25) is 4.79 Å². The van der Waals surface area contributed by atoms with Gasteiger partial charge in [0.05, 0.1) is 16.9 Å². The lowest BCUT2D eigenvalue weighted by molar-refractivity contribution is 0.0990. The molecule has 3 N–H and O–H groups in total. The third-order valence-electron chi connectivity index (χ3n) is 2.84. The Balaban J connectivity index is 2.40. The van der Waals surface area contributed by atoms with E-state index in [0.29, 0.717) is 16.4 Å². The van der Waals surface area contributed by atoms with Gasteiger partial charge in [0.25, 0.3) is 5.91 Å². The quantitative estimate of drug-likeness (QED) is 0.808. The van der Waals surface area contributed by atoms with E-state index in [1.54, 1.807) is 25.2 Å². The van der Waals surface area contributed by atoms with Gasteiger partial charge < -0.3 is 15.7 Å². The van der Waals surface area contributed by atoms with Crippen LogP contribution >= 0.6 is 27.5 Å². The maximum atomic E-state index is 12.4. The number of nitrogen functional groups attached to an aromatic ring is 1. The minimum atomic E-state index is -0.390. The molecule has 0 saturated heterocycles. The highest BCUT2D eigenvalue weighted by molar-refractivity contribution is 9.10. The Labute approximate surface area is 129 Å². The van der Waals surface area contributed by atoms with Crippen LogP contribution in [-0.4, -0.2) is 18.1 Å². The van der Waals surface area contributed by atoms with Crippen LogP contribution < -0.4 is 10.6 Å². The van der Waals surface area contributed by atoms with Gasteiger partial charge in [-0.2, -0.15) is 0 Å². The summed E-state index contributed by atoms with van der Waals surface area (Å²) in [4.78, 5) is 13.8. The molecule has 20 heavy (non-hydrogen) atoms. The number of amides is 1. The van der Waals surface area contributed by atoms with Gasteiger partial charge in [-0.15, -0.1) is 0 Å². The van der Waals surface area contributed by atoms with Crippen LogP contribution in [0, 0.1) is 0 Å². The van der Waals surface area contributed by atoms with E-state index >= 15 is 0 Å². The molecule has 0 bridgehead atoms. The van der Waals surface area contributed by atoms with Crippen molar-refractivity contribution in [3.63, 3.8) is 0 Å². The first kappa shape index (κ1) is 14.7. The molecule has 0 aliphatic carbocycles. The fourth-order valence-corrected chi connectivity index (χ4v) is 2.35. The number of hydrogen-bond acceptors (Lipinski definition) is 3. The fourth-order valence-electron chi connectivity index (χ4n) is 1.80. The third-order valence-corrected chi connectivity index (χ3v) is 3.57. The second-order valence-electron chi connectivity index (χ2n) is 4.23. The van der Waals surface area contributed by atoms with Gasteiger partial charge in [0.2, 0.25) is 0 Å². The van der Waals surface area contributed by atoms with E-state index in [4.69, 9.17) is 17.3 Å². The molecule has 0 fully saturated rings. The summed E-state index contributed by atoms with van der Waals surface area (Å²) in [6.07, 6.45) is 0. The average Bonchev–Trinajstić information content (AvgIpc) is 2.40. The van der Waals surface area contributed by atoms with Crippen LogP contribution in [0.15, 0.2) is 40.9 Å². The van der Waals surface area contributed by atoms with Crippen LogP contribution in [0.5, 0.6) is 5.75 Å². The second kappa shape index (κ2) is 5.73. The number of aromatic hydroxyl groups is 1. The Bertz CT molecular complexity index is 676. The van der Waals surface area contributed by atoms with Crippen LogP contribution in [0.4, 0.5) is 11.4 Å². The summed E-state index contributed by atoms with van der Waals surface area (Å²) in [5, 5.41) is 10.1. The molecule has 0 saturated carbocycles. The Morgan fingerprint density at radius 2 is 2.00 bits per heavy atom. The van der Waals surface area contributed by atoms with Crippen molar-refractivity contribution in [1.82, 2.24) is 0 Å². The third kappa shape index (κ3) is 2.89. The molecule has 4 nitrogen and oxygen atoms in total. The SMILES string of the molecule is CN(C(=O)c1cc(Cl)ccc1O)c1ccc(Br)cc1N. The number of benzene rings is 2. The number of nitrogens with two attached hydrogens (primary N) is 1. The first-order chi connectivity index (χ1) is 9.40. The maximum absolute atomic E-state index is 12.4. The molecule has 0 aliphatic rings. The predicted octanol–water partition coefficient (Wildman–Crippen LogP) is 3.67. The second-order valence-corrected chi connectivity index (χ2v) is 5.58. The summed E-state index contributed by atoms with van der Waals surface area (Å²) in [6.45, 7) is 0. The molecule has 0 spiro atoms. The maximum Gasteiger partial charge on any atom is 0.261 e. The molecular weight excluding hydrogens is 344 g/mol. The van der Waals surface area contributed by atoms with Crippen molar-refractivity contribution in [2.24, 2.45) is 0 Å². The van der Waals surface area contributed by atoms with E-state index < -0.39 is 0 Å².